The number of aliphatic hydroxyl groups excluding tert-OH is 1. The van der Waals surface area contributed by atoms with E-state index in [1.807, 2.05) is 0 Å². The van der Waals surface area contributed by atoms with Crippen LogP contribution in [0.4, 0.5) is 0 Å². The fraction of sp³-hybridized carbons (Fsp3) is 0.889. The van der Waals surface area contributed by atoms with Gasteiger partial charge in [0.1, 0.15) is 0 Å². The number of carboxylic acid groups (broad SMARTS) is 1. The normalized spacial score (nSPS) is 36.3. The molecule has 2 atom stereocenters. The largest absolute Gasteiger partial charge is 0.479 e. The van der Waals surface area contributed by atoms with Crippen molar-refractivity contribution in [3.05, 3.63) is 0 Å². The van der Waals surface area contributed by atoms with E-state index in [1.54, 1.807) is 0 Å². The molecule has 1 fully saturated rings. The number of hydrogen-bond acceptors (Lipinski definition) is 3. The lowest BCUT2D eigenvalue weighted by Gasteiger charge is -2.30. The molecule has 0 spiro atoms. The quantitative estimate of drug-likeness (QED) is 0.560. The van der Waals surface area contributed by atoms with Crippen molar-refractivity contribution in [2.75, 3.05) is 0 Å². The van der Waals surface area contributed by atoms with Crippen LogP contribution in [-0.4, -0.2) is 33.0 Å². The number of hydrogen-bond donors (Lipinski definition) is 3. The maximum atomic E-state index is 10.7. The molecule has 1 aliphatic carbocycles. The number of aliphatic carboxylic acids is 1. The van der Waals surface area contributed by atoms with Gasteiger partial charge in [0.2, 0.25) is 0 Å². The minimum atomic E-state index is -1.92. The molecule has 76 valence electrons. The SMILES string of the molecule is O=C(O)C1(O)CCCCCCC1O. The van der Waals surface area contributed by atoms with Gasteiger partial charge in [-0.3, -0.25) is 0 Å². The molecular formula is C9H16O4. The molecule has 0 aromatic rings. The van der Waals surface area contributed by atoms with Crippen LogP contribution in [0.25, 0.3) is 0 Å². The fourth-order valence-corrected chi connectivity index (χ4v) is 1.74. The summed E-state index contributed by atoms with van der Waals surface area (Å²) in [4.78, 5) is 10.7. The Kier molecular flexibility index (Phi) is 3.27. The van der Waals surface area contributed by atoms with Crippen LogP contribution < -0.4 is 0 Å². The van der Waals surface area contributed by atoms with Crippen molar-refractivity contribution in [2.24, 2.45) is 0 Å². The molecule has 3 N–H and O–H groups in total. The molecule has 0 saturated heterocycles. The van der Waals surface area contributed by atoms with E-state index in [1.165, 1.54) is 0 Å². The summed E-state index contributed by atoms with van der Waals surface area (Å²) in [7, 11) is 0. The summed E-state index contributed by atoms with van der Waals surface area (Å²) in [5.74, 6) is -1.30. The number of carbonyl (C=O) groups is 1. The van der Waals surface area contributed by atoms with Crippen LogP contribution in [0.2, 0.25) is 0 Å². The van der Waals surface area contributed by atoms with E-state index in [9.17, 15) is 15.0 Å². The van der Waals surface area contributed by atoms with Gasteiger partial charge in [0.25, 0.3) is 0 Å². The van der Waals surface area contributed by atoms with Crippen LogP contribution in [0.3, 0.4) is 0 Å². The first kappa shape index (κ1) is 10.5. The second kappa shape index (κ2) is 4.07. The summed E-state index contributed by atoms with van der Waals surface area (Å²) < 4.78 is 0. The predicted molar refractivity (Wildman–Crippen MR) is 46.3 cm³/mol. The van der Waals surface area contributed by atoms with E-state index < -0.39 is 17.7 Å². The Hall–Kier alpha value is -0.610. The lowest BCUT2D eigenvalue weighted by Crippen LogP contribution is -2.49. The van der Waals surface area contributed by atoms with Crippen LogP contribution in [0.15, 0.2) is 0 Å². The van der Waals surface area contributed by atoms with E-state index in [4.69, 9.17) is 5.11 Å². The van der Waals surface area contributed by atoms with Gasteiger partial charge in [-0.05, 0) is 19.3 Å². The summed E-state index contributed by atoms with van der Waals surface area (Å²) >= 11 is 0. The Labute approximate surface area is 77.2 Å². The molecule has 4 heteroatoms. The van der Waals surface area contributed by atoms with E-state index >= 15 is 0 Å². The number of carboxylic acids is 1. The van der Waals surface area contributed by atoms with E-state index in [-0.39, 0.29) is 6.42 Å². The Balaban J connectivity index is 2.71. The van der Waals surface area contributed by atoms with Crippen molar-refractivity contribution in [3.63, 3.8) is 0 Å². The summed E-state index contributed by atoms with van der Waals surface area (Å²) in [5, 5.41) is 27.9. The molecule has 2 unspecified atom stereocenters. The topological polar surface area (TPSA) is 77.8 Å². The van der Waals surface area contributed by atoms with Crippen LogP contribution in [0, 0.1) is 0 Å². The van der Waals surface area contributed by atoms with Crippen LogP contribution in [-0.2, 0) is 4.79 Å². The number of rotatable bonds is 1. The smallest absolute Gasteiger partial charge is 0.338 e. The van der Waals surface area contributed by atoms with Crippen molar-refractivity contribution >= 4 is 5.97 Å². The van der Waals surface area contributed by atoms with Crippen LogP contribution >= 0.6 is 0 Å². The highest BCUT2D eigenvalue weighted by molar-refractivity contribution is 5.77. The molecule has 1 saturated carbocycles. The van der Waals surface area contributed by atoms with E-state index in [2.05, 4.69) is 0 Å². The lowest BCUT2D eigenvalue weighted by atomic mass is 9.85. The zero-order valence-electron chi connectivity index (χ0n) is 7.57. The van der Waals surface area contributed by atoms with Gasteiger partial charge < -0.3 is 15.3 Å². The summed E-state index contributed by atoms with van der Waals surface area (Å²) in [6.45, 7) is 0. The second-order valence-corrected chi connectivity index (χ2v) is 3.70. The molecule has 0 aliphatic heterocycles. The maximum Gasteiger partial charge on any atom is 0.338 e. The third-order valence-corrected chi connectivity index (χ3v) is 2.71. The standard InChI is InChI=1S/C9H16O4/c10-7-5-3-1-2-4-6-9(7,13)8(11)12/h7,10,13H,1-6H2,(H,11,12). The van der Waals surface area contributed by atoms with Gasteiger partial charge in [-0.1, -0.05) is 19.3 Å². The Morgan fingerprint density at radius 3 is 2.46 bits per heavy atom. The average molecular weight is 188 g/mol. The van der Waals surface area contributed by atoms with Crippen molar-refractivity contribution in [2.45, 2.75) is 50.2 Å². The minimum Gasteiger partial charge on any atom is -0.479 e. The third-order valence-electron chi connectivity index (χ3n) is 2.71. The van der Waals surface area contributed by atoms with Gasteiger partial charge in [-0.15, -0.1) is 0 Å². The monoisotopic (exact) mass is 188 g/mol. The average Bonchev–Trinajstić information content (AvgIpc) is 2.07. The van der Waals surface area contributed by atoms with Gasteiger partial charge in [0.15, 0.2) is 5.60 Å². The Bertz CT molecular complexity index is 192. The van der Waals surface area contributed by atoms with Crippen molar-refractivity contribution in [3.8, 4) is 0 Å². The van der Waals surface area contributed by atoms with Crippen molar-refractivity contribution in [1.29, 1.82) is 0 Å². The highest BCUT2D eigenvalue weighted by atomic mass is 16.4. The molecule has 0 bridgehead atoms. The van der Waals surface area contributed by atoms with Gasteiger partial charge in [0, 0.05) is 0 Å². The molecule has 0 radical (unpaired) electrons. The van der Waals surface area contributed by atoms with E-state index in [0.717, 1.165) is 19.3 Å². The predicted octanol–water partition coefficient (Wildman–Crippen LogP) is 0.517. The van der Waals surface area contributed by atoms with Crippen molar-refractivity contribution < 1.29 is 20.1 Å². The molecule has 1 aliphatic rings. The van der Waals surface area contributed by atoms with Gasteiger partial charge in [-0.25, -0.2) is 4.79 Å². The molecule has 4 nitrogen and oxygen atoms in total. The summed E-state index contributed by atoms with van der Waals surface area (Å²) in [6.07, 6.45) is 2.81. The maximum absolute atomic E-state index is 10.7. The molecule has 0 amide bonds. The zero-order valence-corrected chi connectivity index (χ0v) is 7.57. The first-order valence-electron chi connectivity index (χ1n) is 4.71. The molecular weight excluding hydrogens is 172 g/mol. The Morgan fingerprint density at radius 2 is 1.85 bits per heavy atom. The summed E-state index contributed by atoms with van der Waals surface area (Å²) in [5.41, 5.74) is -1.92. The van der Waals surface area contributed by atoms with Gasteiger partial charge in [-0.2, -0.15) is 0 Å². The van der Waals surface area contributed by atoms with Crippen LogP contribution in [0.1, 0.15) is 38.5 Å². The second-order valence-electron chi connectivity index (χ2n) is 3.70. The molecule has 0 heterocycles. The molecule has 13 heavy (non-hydrogen) atoms. The van der Waals surface area contributed by atoms with Crippen molar-refractivity contribution in [1.82, 2.24) is 0 Å². The van der Waals surface area contributed by atoms with Gasteiger partial charge >= 0.3 is 5.97 Å². The number of aliphatic hydroxyl groups is 2. The first-order chi connectivity index (χ1) is 6.07. The first-order valence-corrected chi connectivity index (χ1v) is 4.71. The molecule has 0 aromatic carbocycles. The minimum absolute atomic E-state index is 0.156. The highest BCUT2D eigenvalue weighted by Gasteiger charge is 2.43. The van der Waals surface area contributed by atoms with Crippen LogP contribution in [0.5, 0.6) is 0 Å². The molecule has 0 aromatic heterocycles. The summed E-state index contributed by atoms with van der Waals surface area (Å²) in [6, 6.07) is 0. The van der Waals surface area contributed by atoms with Gasteiger partial charge in [0.05, 0.1) is 6.10 Å². The molecule has 1 rings (SSSR count). The zero-order chi connectivity index (χ0) is 9.90. The lowest BCUT2D eigenvalue weighted by molar-refractivity contribution is -0.174. The third kappa shape index (κ3) is 2.19. The Morgan fingerprint density at radius 1 is 1.23 bits per heavy atom. The fourth-order valence-electron chi connectivity index (χ4n) is 1.74. The highest BCUT2D eigenvalue weighted by Crippen LogP contribution is 2.26. The van der Waals surface area contributed by atoms with E-state index in [0.29, 0.717) is 12.8 Å².